The molecule has 19 heavy (non-hydrogen) atoms. The number of nitrogens with zero attached hydrogens (tertiary/aromatic N) is 3. The molecule has 2 rings (SSSR count). The summed E-state index contributed by atoms with van der Waals surface area (Å²) >= 11 is 3.54. The summed E-state index contributed by atoms with van der Waals surface area (Å²) in [4.78, 5) is 0. The topological polar surface area (TPSA) is 50.9 Å². The number of hydrogen-bond donors (Lipinski definition) is 1. The van der Waals surface area contributed by atoms with Crippen LogP contribution in [0.5, 0.6) is 0 Å². The summed E-state index contributed by atoms with van der Waals surface area (Å²) in [6.45, 7) is 7.02. The van der Waals surface area contributed by atoms with Crippen molar-refractivity contribution in [3.8, 4) is 11.4 Å². The minimum absolute atomic E-state index is 0.0905. The van der Waals surface area contributed by atoms with Gasteiger partial charge in [-0.15, -0.1) is 10.2 Å². The Kier molecular flexibility index (Phi) is 4.37. The number of aliphatic hydroxyl groups excluding tert-OH is 1. The second-order valence-corrected chi connectivity index (χ2v) is 5.92. The van der Waals surface area contributed by atoms with Crippen molar-refractivity contribution < 1.29 is 5.11 Å². The Morgan fingerprint density at radius 2 is 2.05 bits per heavy atom. The first-order chi connectivity index (χ1) is 9.02. The van der Waals surface area contributed by atoms with Gasteiger partial charge in [-0.2, -0.15) is 0 Å². The van der Waals surface area contributed by atoms with Gasteiger partial charge in [-0.05, 0) is 24.5 Å². The van der Waals surface area contributed by atoms with Crippen LogP contribution in [0.1, 0.15) is 25.2 Å². The third-order valence-corrected chi connectivity index (χ3v) is 3.80. The zero-order chi connectivity index (χ0) is 14.0. The van der Waals surface area contributed by atoms with Gasteiger partial charge in [0.2, 0.25) is 0 Å². The van der Waals surface area contributed by atoms with E-state index >= 15 is 0 Å². The van der Waals surface area contributed by atoms with Crippen LogP contribution in [0.4, 0.5) is 0 Å². The maximum absolute atomic E-state index is 9.36. The van der Waals surface area contributed by atoms with E-state index in [1.807, 2.05) is 29.7 Å². The zero-order valence-electron chi connectivity index (χ0n) is 11.4. The maximum Gasteiger partial charge on any atom is 0.164 e. The monoisotopic (exact) mass is 323 g/mol. The number of aryl methyl sites for hydroxylation is 1. The molecule has 0 radical (unpaired) electrons. The summed E-state index contributed by atoms with van der Waals surface area (Å²) < 4.78 is 3.04. The maximum atomic E-state index is 9.36. The first kappa shape index (κ1) is 14.2. The first-order valence-electron chi connectivity index (χ1n) is 6.32. The molecule has 0 fully saturated rings. The highest BCUT2D eigenvalue weighted by atomic mass is 79.9. The normalized spacial score (nSPS) is 11.3. The average molecular weight is 324 g/mol. The number of aromatic nitrogens is 3. The number of benzene rings is 1. The number of halogens is 1. The van der Waals surface area contributed by atoms with Crippen LogP contribution in [0.25, 0.3) is 11.4 Å². The standard InChI is InChI=1S/C14H18BrN3O/c1-9(2)7-18-13(8-19)16-17-14(18)11-5-4-10(3)12(15)6-11/h4-6,9,19H,7-8H2,1-3H3. The molecule has 0 saturated heterocycles. The van der Waals surface area contributed by atoms with Crippen molar-refractivity contribution in [2.24, 2.45) is 5.92 Å². The lowest BCUT2D eigenvalue weighted by atomic mass is 10.1. The molecule has 4 nitrogen and oxygen atoms in total. The van der Waals surface area contributed by atoms with E-state index in [9.17, 15) is 5.11 Å². The summed E-state index contributed by atoms with van der Waals surface area (Å²) in [6.07, 6.45) is 0. The van der Waals surface area contributed by atoms with E-state index in [-0.39, 0.29) is 6.61 Å². The molecule has 5 heteroatoms. The van der Waals surface area contributed by atoms with Gasteiger partial charge in [0.1, 0.15) is 6.61 Å². The fraction of sp³-hybridized carbons (Fsp3) is 0.429. The second kappa shape index (κ2) is 5.84. The summed E-state index contributed by atoms with van der Waals surface area (Å²) in [5.74, 6) is 1.88. The van der Waals surface area contributed by atoms with E-state index in [2.05, 4.69) is 40.0 Å². The van der Waals surface area contributed by atoms with Gasteiger partial charge in [0.15, 0.2) is 11.6 Å². The molecule has 0 amide bonds. The minimum Gasteiger partial charge on any atom is -0.388 e. The molecule has 2 aromatic rings. The molecule has 1 N–H and O–H groups in total. The third-order valence-electron chi connectivity index (χ3n) is 2.95. The minimum atomic E-state index is -0.0905. The number of rotatable bonds is 4. The van der Waals surface area contributed by atoms with Crippen molar-refractivity contribution in [3.05, 3.63) is 34.1 Å². The summed E-state index contributed by atoms with van der Waals surface area (Å²) in [6, 6.07) is 6.12. The SMILES string of the molecule is Cc1ccc(-c2nnc(CO)n2CC(C)C)cc1Br. The molecular formula is C14H18BrN3O. The largest absolute Gasteiger partial charge is 0.388 e. The van der Waals surface area contributed by atoms with E-state index in [0.717, 1.165) is 22.4 Å². The van der Waals surface area contributed by atoms with Crippen LogP contribution in [-0.4, -0.2) is 19.9 Å². The van der Waals surface area contributed by atoms with E-state index in [0.29, 0.717) is 11.7 Å². The second-order valence-electron chi connectivity index (χ2n) is 5.07. The lowest BCUT2D eigenvalue weighted by Gasteiger charge is -2.12. The first-order valence-corrected chi connectivity index (χ1v) is 7.11. The van der Waals surface area contributed by atoms with Gasteiger partial charge in [0, 0.05) is 16.6 Å². The summed E-state index contributed by atoms with van der Waals surface area (Å²) in [5.41, 5.74) is 2.19. The highest BCUT2D eigenvalue weighted by Gasteiger charge is 2.14. The van der Waals surface area contributed by atoms with Gasteiger partial charge < -0.3 is 9.67 Å². The van der Waals surface area contributed by atoms with Gasteiger partial charge in [-0.25, -0.2) is 0 Å². The van der Waals surface area contributed by atoms with Crippen LogP contribution in [-0.2, 0) is 13.2 Å². The van der Waals surface area contributed by atoms with E-state index in [1.54, 1.807) is 0 Å². The van der Waals surface area contributed by atoms with Crippen LogP contribution >= 0.6 is 15.9 Å². The average Bonchev–Trinajstić information content (AvgIpc) is 2.75. The fourth-order valence-corrected chi connectivity index (χ4v) is 2.33. The lowest BCUT2D eigenvalue weighted by molar-refractivity contribution is 0.262. The quantitative estimate of drug-likeness (QED) is 0.940. The third kappa shape index (κ3) is 3.04. The molecule has 0 aliphatic carbocycles. The van der Waals surface area contributed by atoms with Gasteiger partial charge in [0.25, 0.3) is 0 Å². The Morgan fingerprint density at radius 3 is 2.63 bits per heavy atom. The molecule has 0 saturated carbocycles. The van der Waals surface area contributed by atoms with Crippen LogP contribution in [0.2, 0.25) is 0 Å². The van der Waals surface area contributed by atoms with Crippen LogP contribution in [0.15, 0.2) is 22.7 Å². The van der Waals surface area contributed by atoms with Crippen LogP contribution < -0.4 is 0 Å². The molecule has 0 bridgehead atoms. The van der Waals surface area contributed by atoms with E-state index < -0.39 is 0 Å². The molecule has 0 aliphatic rings. The molecular weight excluding hydrogens is 306 g/mol. The van der Waals surface area contributed by atoms with Crippen LogP contribution in [0.3, 0.4) is 0 Å². The van der Waals surface area contributed by atoms with Crippen molar-refractivity contribution in [1.29, 1.82) is 0 Å². The van der Waals surface area contributed by atoms with Gasteiger partial charge in [0.05, 0.1) is 0 Å². The fourth-order valence-electron chi connectivity index (χ4n) is 1.95. The number of hydrogen-bond acceptors (Lipinski definition) is 3. The van der Waals surface area contributed by atoms with Crippen molar-refractivity contribution in [2.75, 3.05) is 0 Å². The smallest absolute Gasteiger partial charge is 0.164 e. The molecule has 0 atom stereocenters. The van der Waals surface area contributed by atoms with E-state index in [1.165, 1.54) is 5.56 Å². The Hall–Kier alpha value is -1.20. The predicted molar refractivity (Wildman–Crippen MR) is 78.7 cm³/mol. The zero-order valence-corrected chi connectivity index (χ0v) is 13.0. The molecule has 0 spiro atoms. The van der Waals surface area contributed by atoms with Crippen molar-refractivity contribution in [3.63, 3.8) is 0 Å². The van der Waals surface area contributed by atoms with Crippen molar-refractivity contribution in [1.82, 2.24) is 14.8 Å². The Bertz CT molecular complexity index is 578. The molecule has 1 aromatic heterocycles. The van der Waals surface area contributed by atoms with Gasteiger partial charge >= 0.3 is 0 Å². The molecule has 0 aliphatic heterocycles. The van der Waals surface area contributed by atoms with Crippen LogP contribution in [0, 0.1) is 12.8 Å². The van der Waals surface area contributed by atoms with Gasteiger partial charge in [-0.3, -0.25) is 0 Å². The predicted octanol–water partition coefficient (Wildman–Crippen LogP) is 3.16. The molecule has 0 unspecified atom stereocenters. The molecule has 1 heterocycles. The lowest BCUT2D eigenvalue weighted by Crippen LogP contribution is -2.10. The Balaban J connectivity index is 2.48. The molecule has 102 valence electrons. The van der Waals surface area contributed by atoms with Gasteiger partial charge in [-0.1, -0.05) is 41.9 Å². The Morgan fingerprint density at radius 1 is 1.32 bits per heavy atom. The highest BCUT2D eigenvalue weighted by molar-refractivity contribution is 9.10. The highest BCUT2D eigenvalue weighted by Crippen LogP contribution is 2.25. The summed E-state index contributed by atoms with van der Waals surface area (Å²) in [5, 5.41) is 17.6. The summed E-state index contributed by atoms with van der Waals surface area (Å²) in [7, 11) is 0. The number of aliphatic hydroxyl groups is 1. The van der Waals surface area contributed by atoms with Crippen molar-refractivity contribution in [2.45, 2.75) is 33.9 Å². The van der Waals surface area contributed by atoms with E-state index in [4.69, 9.17) is 0 Å². The van der Waals surface area contributed by atoms with Crippen molar-refractivity contribution >= 4 is 15.9 Å². The Labute approximate surface area is 121 Å². The molecule has 1 aromatic carbocycles.